The van der Waals surface area contributed by atoms with Crippen molar-refractivity contribution < 1.29 is 4.79 Å². The molecule has 2 aliphatic carbocycles. The minimum Gasteiger partial charge on any atom is -0.342 e. The summed E-state index contributed by atoms with van der Waals surface area (Å²) in [6.45, 7) is 0. The summed E-state index contributed by atoms with van der Waals surface area (Å²) < 4.78 is 0. The van der Waals surface area contributed by atoms with Crippen molar-refractivity contribution in [3.05, 3.63) is 0 Å². The normalized spacial score (nSPS) is 30.5. The number of carbonyl (C=O) groups is 1. The Labute approximate surface area is 113 Å². The summed E-state index contributed by atoms with van der Waals surface area (Å²) >= 11 is 3.74. The molecule has 2 nitrogen and oxygen atoms in total. The number of nitrogens with zero attached hydrogens (tertiary/aromatic N) is 1. The van der Waals surface area contributed by atoms with Crippen LogP contribution in [0.15, 0.2) is 0 Å². The predicted molar refractivity (Wildman–Crippen MR) is 74.3 cm³/mol. The number of amides is 1. The van der Waals surface area contributed by atoms with E-state index in [1.165, 1.54) is 51.4 Å². The lowest BCUT2D eigenvalue weighted by molar-refractivity contribution is -0.133. The standard InChI is InChI=1S/C14H24BrNO/c1-16(13-9-5-4-8-12(13)15)14(17)10-11-6-2-3-7-11/h11-13H,2-10H2,1H3. The summed E-state index contributed by atoms with van der Waals surface area (Å²) in [5.41, 5.74) is 0. The van der Waals surface area contributed by atoms with Gasteiger partial charge < -0.3 is 4.90 Å². The molecule has 3 heteroatoms. The Morgan fingerprint density at radius 1 is 1.12 bits per heavy atom. The SMILES string of the molecule is CN(C(=O)CC1CCCC1)C1CCCCC1Br. The molecule has 2 saturated carbocycles. The molecule has 0 spiro atoms. The van der Waals surface area contributed by atoms with Crippen molar-refractivity contribution >= 4 is 21.8 Å². The van der Waals surface area contributed by atoms with E-state index in [1.54, 1.807) is 0 Å². The minimum atomic E-state index is 0.369. The molecule has 0 aliphatic heterocycles. The Kier molecular flexibility index (Phi) is 4.89. The maximum Gasteiger partial charge on any atom is 0.222 e. The fraction of sp³-hybridized carbons (Fsp3) is 0.929. The van der Waals surface area contributed by atoms with Gasteiger partial charge in [-0.05, 0) is 31.6 Å². The van der Waals surface area contributed by atoms with Gasteiger partial charge in [0.2, 0.25) is 5.91 Å². The van der Waals surface area contributed by atoms with Crippen molar-refractivity contribution in [2.45, 2.75) is 68.7 Å². The summed E-state index contributed by atoms with van der Waals surface area (Å²) in [5, 5.41) is 0. The van der Waals surface area contributed by atoms with Gasteiger partial charge in [0.15, 0.2) is 0 Å². The van der Waals surface area contributed by atoms with Crippen LogP contribution in [0.1, 0.15) is 57.8 Å². The monoisotopic (exact) mass is 301 g/mol. The van der Waals surface area contributed by atoms with Crippen molar-refractivity contribution in [3.63, 3.8) is 0 Å². The van der Waals surface area contributed by atoms with Crippen LogP contribution in [0.5, 0.6) is 0 Å². The van der Waals surface area contributed by atoms with Crippen LogP contribution in [0.2, 0.25) is 0 Å². The summed E-state index contributed by atoms with van der Waals surface area (Å²) in [7, 11) is 2.00. The van der Waals surface area contributed by atoms with Crippen LogP contribution in [0, 0.1) is 5.92 Å². The summed E-state index contributed by atoms with van der Waals surface area (Å²) in [4.78, 5) is 14.8. The van der Waals surface area contributed by atoms with Gasteiger partial charge in [-0.2, -0.15) is 0 Å². The molecular weight excluding hydrogens is 278 g/mol. The first-order valence-corrected chi connectivity index (χ1v) is 8.00. The molecule has 2 unspecified atom stereocenters. The Morgan fingerprint density at radius 3 is 2.35 bits per heavy atom. The second-order valence-corrected chi connectivity index (χ2v) is 6.90. The molecule has 2 fully saturated rings. The minimum absolute atomic E-state index is 0.369. The van der Waals surface area contributed by atoms with E-state index in [-0.39, 0.29) is 0 Å². The maximum atomic E-state index is 12.2. The maximum absolute atomic E-state index is 12.2. The summed E-state index contributed by atoms with van der Waals surface area (Å²) in [6, 6.07) is 0.428. The van der Waals surface area contributed by atoms with E-state index in [4.69, 9.17) is 0 Å². The molecular formula is C14H24BrNO. The first-order valence-electron chi connectivity index (χ1n) is 7.08. The number of rotatable bonds is 3. The molecule has 0 N–H and O–H groups in total. The van der Waals surface area contributed by atoms with Gasteiger partial charge in [0, 0.05) is 24.3 Å². The summed E-state index contributed by atoms with van der Waals surface area (Å²) in [6.07, 6.45) is 10.9. The highest BCUT2D eigenvalue weighted by molar-refractivity contribution is 9.09. The highest BCUT2D eigenvalue weighted by atomic mass is 79.9. The Balaban J connectivity index is 1.84. The molecule has 0 aromatic heterocycles. The zero-order valence-electron chi connectivity index (χ0n) is 10.8. The first kappa shape index (κ1) is 13.4. The quantitative estimate of drug-likeness (QED) is 0.727. The average molecular weight is 302 g/mol. The Bertz CT molecular complexity index is 263. The van der Waals surface area contributed by atoms with E-state index in [9.17, 15) is 4.79 Å². The molecule has 0 heterocycles. The second kappa shape index (κ2) is 6.21. The van der Waals surface area contributed by atoms with Crippen molar-refractivity contribution in [1.29, 1.82) is 0 Å². The number of halogens is 1. The molecule has 2 aliphatic rings. The molecule has 0 aromatic rings. The van der Waals surface area contributed by atoms with E-state index >= 15 is 0 Å². The van der Waals surface area contributed by atoms with Gasteiger partial charge in [-0.15, -0.1) is 0 Å². The van der Waals surface area contributed by atoms with Crippen molar-refractivity contribution in [3.8, 4) is 0 Å². The third-order valence-electron chi connectivity index (χ3n) is 4.48. The smallest absolute Gasteiger partial charge is 0.222 e. The van der Waals surface area contributed by atoms with E-state index in [2.05, 4.69) is 15.9 Å². The third-order valence-corrected chi connectivity index (χ3v) is 5.54. The number of hydrogen-bond donors (Lipinski definition) is 0. The van der Waals surface area contributed by atoms with Gasteiger partial charge in [0.25, 0.3) is 0 Å². The topological polar surface area (TPSA) is 20.3 Å². The zero-order chi connectivity index (χ0) is 12.3. The highest BCUT2D eigenvalue weighted by Crippen LogP contribution is 2.31. The van der Waals surface area contributed by atoms with Crippen LogP contribution in [-0.2, 0) is 4.79 Å². The molecule has 0 saturated heterocycles. The lowest BCUT2D eigenvalue weighted by atomic mass is 9.93. The van der Waals surface area contributed by atoms with Gasteiger partial charge in [-0.3, -0.25) is 4.79 Å². The van der Waals surface area contributed by atoms with Crippen molar-refractivity contribution in [1.82, 2.24) is 4.90 Å². The van der Waals surface area contributed by atoms with Crippen LogP contribution >= 0.6 is 15.9 Å². The predicted octanol–water partition coefficient (Wildman–Crippen LogP) is 3.73. The van der Waals surface area contributed by atoms with Crippen LogP contribution < -0.4 is 0 Å². The lowest BCUT2D eigenvalue weighted by Gasteiger charge is -2.35. The number of hydrogen-bond acceptors (Lipinski definition) is 1. The molecule has 2 rings (SSSR count). The van der Waals surface area contributed by atoms with Gasteiger partial charge in [0.1, 0.15) is 0 Å². The van der Waals surface area contributed by atoms with Crippen LogP contribution in [0.4, 0.5) is 0 Å². The lowest BCUT2D eigenvalue weighted by Crippen LogP contribution is -2.44. The van der Waals surface area contributed by atoms with E-state index in [1.807, 2.05) is 11.9 Å². The fourth-order valence-corrected chi connectivity index (χ4v) is 4.24. The van der Waals surface area contributed by atoms with Gasteiger partial charge in [-0.1, -0.05) is 41.6 Å². The van der Waals surface area contributed by atoms with Crippen LogP contribution in [0.25, 0.3) is 0 Å². The molecule has 2 atom stereocenters. The molecule has 0 radical (unpaired) electrons. The third kappa shape index (κ3) is 3.46. The highest BCUT2D eigenvalue weighted by Gasteiger charge is 2.30. The summed E-state index contributed by atoms with van der Waals surface area (Å²) in [5.74, 6) is 1.04. The van der Waals surface area contributed by atoms with E-state index in [0.29, 0.717) is 22.7 Å². The number of carbonyl (C=O) groups excluding carboxylic acids is 1. The van der Waals surface area contributed by atoms with Crippen molar-refractivity contribution in [2.75, 3.05) is 7.05 Å². The second-order valence-electron chi connectivity index (χ2n) is 5.73. The Morgan fingerprint density at radius 2 is 1.71 bits per heavy atom. The largest absolute Gasteiger partial charge is 0.342 e. The van der Waals surface area contributed by atoms with Gasteiger partial charge in [-0.25, -0.2) is 0 Å². The van der Waals surface area contributed by atoms with Crippen LogP contribution in [-0.4, -0.2) is 28.7 Å². The first-order chi connectivity index (χ1) is 8.18. The van der Waals surface area contributed by atoms with Gasteiger partial charge >= 0.3 is 0 Å². The van der Waals surface area contributed by atoms with Crippen molar-refractivity contribution in [2.24, 2.45) is 5.92 Å². The fourth-order valence-electron chi connectivity index (χ4n) is 3.29. The van der Waals surface area contributed by atoms with E-state index in [0.717, 1.165) is 6.42 Å². The van der Waals surface area contributed by atoms with E-state index < -0.39 is 0 Å². The molecule has 0 aromatic carbocycles. The number of alkyl halides is 1. The zero-order valence-corrected chi connectivity index (χ0v) is 12.4. The Hall–Kier alpha value is -0.0500. The average Bonchev–Trinajstić information content (AvgIpc) is 2.81. The van der Waals surface area contributed by atoms with Crippen LogP contribution in [0.3, 0.4) is 0 Å². The molecule has 1 amide bonds. The molecule has 98 valence electrons. The molecule has 0 bridgehead atoms. The van der Waals surface area contributed by atoms with Gasteiger partial charge in [0.05, 0.1) is 0 Å². The molecule has 17 heavy (non-hydrogen) atoms.